The zero-order valence-electron chi connectivity index (χ0n) is 11.7. The highest BCUT2D eigenvalue weighted by atomic mass is 35.5. The van der Waals surface area contributed by atoms with Gasteiger partial charge in [0.2, 0.25) is 0 Å². The first kappa shape index (κ1) is 16.4. The van der Waals surface area contributed by atoms with E-state index in [-0.39, 0.29) is 16.8 Å². The molecule has 1 aromatic rings. The minimum absolute atomic E-state index is 0.0516. The van der Waals surface area contributed by atoms with Crippen LogP contribution >= 0.6 is 11.6 Å². The number of hydrogen-bond donors (Lipinski definition) is 1. The molecule has 1 aromatic carbocycles. The highest BCUT2D eigenvalue weighted by molar-refractivity contribution is 6.33. The lowest BCUT2D eigenvalue weighted by atomic mass is 10.2. The second-order valence-electron chi connectivity index (χ2n) is 4.96. The second kappa shape index (κ2) is 6.85. The van der Waals surface area contributed by atoms with E-state index in [0.717, 1.165) is 31.8 Å². The number of anilines is 1. The van der Waals surface area contributed by atoms with Crippen LogP contribution in [-0.2, 0) is 10.9 Å². The van der Waals surface area contributed by atoms with Crippen LogP contribution in [-0.4, -0.2) is 43.8 Å². The van der Waals surface area contributed by atoms with Gasteiger partial charge >= 0.3 is 6.18 Å². The lowest BCUT2D eigenvalue weighted by molar-refractivity contribution is -0.137. The predicted molar refractivity (Wildman–Crippen MR) is 76.8 cm³/mol. The second-order valence-corrected chi connectivity index (χ2v) is 5.37. The van der Waals surface area contributed by atoms with Gasteiger partial charge in [0.1, 0.15) is 0 Å². The first-order chi connectivity index (χ1) is 9.90. The van der Waals surface area contributed by atoms with Crippen LogP contribution in [0, 0.1) is 0 Å². The molecule has 7 heteroatoms. The summed E-state index contributed by atoms with van der Waals surface area (Å²) in [5.74, 6) is 0. The number of likely N-dealkylation sites (N-methyl/N-ethyl adjacent to an activating group) is 1. The number of nitrogens with zero attached hydrogens (tertiary/aromatic N) is 1. The summed E-state index contributed by atoms with van der Waals surface area (Å²) in [6, 6.07) is 3.26. The van der Waals surface area contributed by atoms with Gasteiger partial charge in [0.05, 0.1) is 29.0 Å². The lowest BCUT2D eigenvalue weighted by Crippen LogP contribution is -2.45. The van der Waals surface area contributed by atoms with Gasteiger partial charge in [-0.05, 0) is 24.7 Å². The van der Waals surface area contributed by atoms with Crippen LogP contribution in [0.2, 0.25) is 5.02 Å². The highest BCUT2D eigenvalue weighted by Gasteiger charge is 2.31. The number of nitrogens with one attached hydrogen (secondary N) is 1. The Labute approximate surface area is 127 Å². The molecular weight excluding hydrogens is 305 g/mol. The van der Waals surface area contributed by atoms with Crippen molar-refractivity contribution in [1.29, 1.82) is 0 Å². The number of morpholine rings is 1. The van der Waals surface area contributed by atoms with Crippen LogP contribution < -0.4 is 5.32 Å². The van der Waals surface area contributed by atoms with E-state index in [1.165, 1.54) is 6.07 Å². The summed E-state index contributed by atoms with van der Waals surface area (Å²) in [4.78, 5) is 2.24. The molecule has 118 valence electrons. The van der Waals surface area contributed by atoms with Gasteiger partial charge in [-0.3, -0.25) is 4.90 Å². The quantitative estimate of drug-likeness (QED) is 0.918. The van der Waals surface area contributed by atoms with Crippen molar-refractivity contribution in [3.05, 3.63) is 28.8 Å². The molecule has 1 fully saturated rings. The largest absolute Gasteiger partial charge is 0.416 e. The Morgan fingerprint density at radius 3 is 2.86 bits per heavy atom. The van der Waals surface area contributed by atoms with E-state index in [1.807, 2.05) is 0 Å². The third-order valence-corrected chi connectivity index (χ3v) is 3.81. The number of ether oxygens (including phenoxy) is 1. The van der Waals surface area contributed by atoms with Crippen molar-refractivity contribution in [2.24, 2.45) is 0 Å². The normalized spacial score (nSPS) is 20.5. The van der Waals surface area contributed by atoms with Crippen molar-refractivity contribution in [3.8, 4) is 0 Å². The molecule has 0 aliphatic carbocycles. The molecule has 1 N–H and O–H groups in total. The smallest absolute Gasteiger partial charge is 0.381 e. The molecule has 1 unspecified atom stereocenters. The molecule has 0 radical (unpaired) electrons. The van der Waals surface area contributed by atoms with Crippen LogP contribution in [0.1, 0.15) is 12.5 Å². The maximum Gasteiger partial charge on any atom is 0.416 e. The van der Waals surface area contributed by atoms with Crippen molar-refractivity contribution in [1.82, 2.24) is 4.90 Å². The Morgan fingerprint density at radius 2 is 2.19 bits per heavy atom. The molecule has 0 bridgehead atoms. The molecule has 0 amide bonds. The third-order valence-electron chi connectivity index (χ3n) is 3.48. The standard InChI is InChI=1S/C14H18ClF3N2O/c1-2-20-5-6-21-11(9-20)8-19-13-7-10(14(16,17)18)3-4-12(13)15/h3-4,7,11,19H,2,5-6,8-9H2,1H3. The minimum Gasteiger partial charge on any atom is -0.381 e. The molecule has 3 nitrogen and oxygen atoms in total. The summed E-state index contributed by atoms with van der Waals surface area (Å²) >= 11 is 5.94. The fourth-order valence-corrected chi connectivity index (χ4v) is 2.44. The number of halogens is 4. The first-order valence-corrected chi connectivity index (χ1v) is 7.22. The van der Waals surface area contributed by atoms with Crippen molar-refractivity contribution in [2.45, 2.75) is 19.2 Å². The van der Waals surface area contributed by atoms with Gasteiger partial charge in [-0.1, -0.05) is 18.5 Å². The van der Waals surface area contributed by atoms with Gasteiger partial charge in [0.25, 0.3) is 0 Å². The van der Waals surface area contributed by atoms with E-state index in [0.29, 0.717) is 13.2 Å². The average Bonchev–Trinajstić information content (AvgIpc) is 2.45. The number of rotatable bonds is 4. The fourth-order valence-electron chi connectivity index (χ4n) is 2.25. The Kier molecular flexibility index (Phi) is 5.35. The summed E-state index contributed by atoms with van der Waals surface area (Å²) < 4.78 is 43.7. The molecule has 21 heavy (non-hydrogen) atoms. The third kappa shape index (κ3) is 4.49. The van der Waals surface area contributed by atoms with Gasteiger partial charge in [-0.2, -0.15) is 13.2 Å². The van der Waals surface area contributed by atoms with E-state index in [1.54, 1.807) is 0 Å². The summed E-state index contributed by atoms with van der Waals surface area (Å²) in [6.45, 7) is 5.72. The molecular formula is C14H18ClF3N2O. The Hall–Kier alpha value is -0.980. The van der Waals surface area contributed by atoms with Gasteiger partial charge in [0, 0.05) is 19.6 Å². The van der Waals surface area contributed by atoms with Crippen LogP contribution in [0.25, 0.3) is 0 Å². The molecule has 0 saturated carbocycles. The zero-order valence-corrected chi connectivity index (χ0v) is 12.5. The van der Waals surface area contributed by atoms with E-state index in [2.05, 4.69) is 17.1 Å². The van der Waals surface area contributed by atoms with Gasteiger partial charge in [0.15, 0.2) is 0 Å². The van der Waals surface area contributed by atoms with Crippen LogP contribution in [0.5, 0.6) is 0 Å². The Bertz CT molecular complexity index is 482. The Balaban J connectivity index is 1.99. The maximum atomic E-state index is 12.7. The molecule has 1 heterocycles. The number of alkyl halides is 3. The summed E-state index contributed by atoms with van der Waals surface area (Å²) in [5.41, 5.74) is -0.433. The van der Waals surface area contributed by atoms with Crippen molar-refractivity contribution in [3.63, 3.8) is 0 Å². The molecule has 1 aliphatic rings. The predicted octanol–water partition coefficient (Wildman–Crippen LogP) is 3.49. The lowest BCUT2D eigenvalue weighted by Gasteiger charge is -2.32. The van der Waals surface area contributed by atoms with Crippen LogP contribution in [0.4, 0.5) is 18.9 Å². The molecule has 2 rings (SSSR count). The van der Waals surface area contributed by atoms with E-state index in [9.17, 15) is 13.2 Å². The first-order valence-electron chi connectivity index (χ1n) is 6.84. The molecule has 1 saturated heterocycles. The maximum absolute atomic E-state index is 12.7. The molecule has 1 atom stereocenters. The highest BCUT2D eigenvalue weighted by Crippen LogP contribution is 2.33. The monoisotopic (exact) mass is 322 g/mol. The van der Waals surface area contributed by atoms with Crippen LogP contribution in [0.15, 0.2) is 18.2 Å². The Morgan fingerprint density at radius 1 is 1.43 bits per heavy atom. The summed E-state index contributed by atoms with van der Waals surface area (Å²) in [5, 5.41) is 3.23. The van der Waals surface area contributed by atoms with E-state index >= 15 is 0 Å². The molecule has 0 spiro atoms. The topological polar surface area (TPSA) is 24.5 Å². The molecule has 0 aromatic heterocycles. The number of hydrogen-bond acceptors (Lipinski definition) is 3. The molecule has 1 aliphatic heterocycles. The average molecular weight is 323 g/mol. The zero-order chi connectivity index (χ0) is 15.5. The van der Waals surface area contributed by atoms with E-state index < -0.39 is 11.7 Å². The fraction of sp³-hybridized carbons (Fsp3) is 0.571. The van der Waals surface area contributed by atoms with Crippen LogP contribution in [0.3, 0.4) is 0 Å². The van der Waals surface area contributed by atoms with Crippen molar-refractivity contribution in [2.75, 3.05) is 38.1 Å². The van der Waals surface area contributed by atoms with Gasteiger partial charge in [-0.15, -0.1) is 0 Å². The summed E-state index contributed by atoms with van der Waals surface area (Å²) in [7, 11) is 0. The van der Waals surface area contributed by atoms with Crippen molar-refractivity contribution < 1.29 is 17.9 Å². The minimum atomic E-state index is -4.37. The van der Waals surface area contributed by atoms with Crippen molar-refractivity contribution >= 4 is 17.3 Å². The number of benzene rings is 1. The van der Waals surface area contributed by atoms with Gasteiger partial charge < -0.3 is 10.1 Å². The van der Waals surface area contributed by atoms with E-state index in [4.69, 9.17) is 16.3 Å². The summed E-state index contributed by atoms with van der Waals surface area (Å²) in [6.07, 6.45) is -4.43. The van der Waals surface area contributed by atoms with Gasteiger partial charge in [-0.25, -0.2) is 0 Å². The SMILES string of the molecule is CCN1CCOC(CNc2cc(C(F)(F)F)ccc2Cl)C1.